The van der Waals surface area contributed by atoms with E-state index in [4.69, 9.17) is 0 Å². The summed E-state index contributed by atoms with van der Waals surface area (Å²) in [7, 11) is 5.69. The molecule has 0 radical (unpaired) electrons. The number of benzene rings is 1. The first-order valence-electron chi connectivity index (χ1n) is 5.71. The van der Waals surface area contributed by atoms with Crippen LogP contribution in [0.5, 0.6) is 0 Å². The Morgan fingerprint density at radius 1 is 1.41 bits per heavy atom. The second-order valence-electron chi connectivity index (χ2n) is 4.77. The summed E-state index contributed by atoms with van der Waals surface area (Å²) in [5.74, 6) is -0.678. The molecule has 2 N–H and O–H groups in total. The third-order valence-corrected chi connectivity index (χ3v) is 3.60. The molecule has 2 atom stereocenters. The summed E-state index contributed by atoms with van der Waals surface area (Å²) in [6.07, 6.45) is 0.667. The normalized spacial score (nSPS) is 26.6. The smallest absolute Gasteiger partial charge is 0.324 e. The quantitative estimate of drug-likeness (QED) is 0.824. The van der Waals surface area contributed by atoms with Crippen LogP contribution in [0.4, 0.5) is 5.69 Å². The molecule has 4 nitrogen and oxygen atoms in total. The van der Waals surface area contributed by atoms with Gasteiger partial charge in [0.1, 0.15) is 5.54 Å². The first-order chi connectivity index (χ1) is 8.01. The van der Waals surface area contributed by atoms with Crippen LogP contribution in [0.25, 0.3) is 0 Å². The number of carboxylic acids is 1. The SMILES string of the molecule is CNC1(C(=O)O)CC1c1ccc(N(C)C)cc1. The van der Waals surface area contributed by atoms with Gasteiger partial charge in [-0.05, 0) is 31.2 Å². The van der Waals surface area contributed by atoms with Crippen LogP contribution in [-0.4, -0.2) is 37.8 Å². The summed E-state index contributed by atoms with van der Waals surface area (Å²) in [6, 6.07) is 8.08. The lowest BCUT2D eigenvalue weighted by atomic mass is 10.1. The third kappa shape index (κ3) is 1.89. The van der Waals surface area contributed by atoms with Crippen molar-refractivity contribution in [2.24, 2.45) is 0 Å². The number of rotatable bonds is 4. The van der Waals surface area contributed by atoms with Gasteiger partial charge in [0.25, 0.3) is 0 Å². The van der Waals surface area contributed by atoms with Crippen LogP contribution in [0, 0.1) is 0 Å². The Morgan fingerprint density at radius 3 is 2.35 bits per heavy atom. The van der Waals surface area contributed by atoms with E-state index in [0.717, 1.165) is 11.3 Å². The Balaban J connectivity index is 2.18. The number of nitrogens with zero attached hydrogens (tertiary/aromatic N) is 1. The van der Waals surface area contributed by atoms with Crippen LogP contribution in [0.2, 0.25) is 0 Å². The van der Waals surface area contributed by atoms with Crippen LogP contribution in [-0.2, 0) is 4.79 Å². The van der Waals surface area contributed by atoms with E-state index < -0.39 is 11.5 Å². The number of anilines is 1. The van der Waals surface area contributed by atoms with Crippen molar-refractivity contribution in [3.63, 3.8) is 0 Å². The highest BCUT2D eigenvalue weighted by molar-refractivity contribution is 5.85. The molecule has 0 bridgehead atoms. The van der Waals surface area contributed by atoms with Crippen LogP contribution in [0.3, 0.4) is 0 Å². The standard InChI is InChI=1S/C13H18N2O2/c1-14-13(12(16)17)8-11(13)9-4-6-10(7-5-9)15(2)3/h4-7,11,14H,8H2,1-3H3,(H,16,17). The van der Waals surface area contributed by atoms with E-state index in [0.29, 0.717) is 6.42 Å². The maximum Gasteiger partial charge on any atom is 0.324 e. The summed E-state index contributed by atoms with van der Waals surface area (Å²) in [5.41, 5.74) is 1.46. The predicted octanol–water partition coefficient (Wildman–Crippen LogP) is 1.28. The molecule has 1 fully saturated rings. The minimum atomic E-state index is -0.762. The fourth-order valence-electron chi connectivity index (χ4n) is 2.29. The molecule has 2 rings (SSSR count). The predicted molar refractivity (Wildman–Crippen MR) is 67.6 cm³/mol. The van der Waals surface area contributed by atoms with E-state index in [1.807, 2.05) is 43.3 Å². The molecular formula is C13H18N2O2. The van der Waals surface area contributed by atoms with Crippen molar-refractivity contribution in [1.29, 1.82) is 0 Å². The van der Waals surface area contributed by atoms with Crippen molar-refractivity contribution < 1.29 is 9.90 Å². The molecule has 1 aromatic carbocycles. The molecule has 0 saturated heterocycles. The maximum absolute atomic E-state index is 11.2. The Bertz CT molecular complexity index is 428. The second kappa shape index (κ2) is 4.04. The van der Waals surface area contributed by atoms with Crippen molar-refractivity contribution >= 4 is 11.7 Å². The van der Waals surface area contributed by atoms with E-state index >= 15 is 0 Å². The van der Waals surface area contributed by atoms with Crippen molar-refractivity contribution in [1.82, 2.24) is 5.32 Å². The van der Waals surface area contributed by atoms with E-state index in [2.05, 4.69) is 5.32 Å². The highest BCUT2D eigenvalue weighted by atomic mass is 16.4. The highest BCUT2D eigenvalue weighted by Crippen LogP contribution is 2.51. The van der Waals surface area contributed by atoms with E-state index in [9.17, 15) is 9.90 Å². The summed E-state index contributed by atoms with van der Waals surface area (Å²) >= 11 is 0. The zero-order valence-corrected chi connectivity index (χ0v) is 10.4. The number of carbonyl (C=O) groups is 1. The average molecular weight is 234 g/mol. The largest absolute Gasteiger partial charge is 0.480 e. The van der Waals surface area contributed by atoms with Crippen LogP contribution < -0.4 is 10.2 Å². The number of aliphatic carboxylic acids is 1. The number of nitrogens with one attached hydrogen (secondary N) is 1. The molecule has 17 heavy (non-hydrogen) atoms. The summed E-state index contributed by atoms with van der Waals surface area (Å²) in [6.45, 7) is 0. The molecular weight excluding hydrogens is 216 g/mol. The summed E-state index contributed by atoms with van der Waals surface area (Å²) < 4.78 is 0. The molecule has 0 heterocycles. The third-order valence-electron chi connectivity index (χ3n) is 3.60. The monoisotopic (exact) mass is 234 g/mol. The highest BCUT2D eigenvalue weighted by Gasteiger charge is 2.60. The van der Waals surface area contributed by atoms with Gasteiger partial charge in [0, 0.05) is 25.7 Å². The number of carboxylic acid groups (broad SMARTS) is 1. The van der Waals surface area contributed by atoms with E-state index in [1.165, 1.54) is 0 Å². The zero-order chi connectivity index (χ0) is 12.6. The van der Waals surface area contributed by atoms with Crippen molar-refractivity contribution in [2.75, 3.05) is 26.0 Å². The fourth-order valence-corrected chi connectivity index (χ4v) is 2.29. The molecule has 0 aliphatic heterocycles. The molecule has 1 saturated carbocycles. The molecule has 2 unspecified atom stereocenters. The topological polar surface area (TPSA) is 52.6 Å². The van der Waals surface area contributed by atoms with Crippen LogP contribution >= 0.6 is 0 Å². The van der Waals surface area contributed by atoms with Crippen molar-refractivity contribution in [2.45, 2.75) is 17.9 Å². The van der Waals surface area contributed by atoms with Gasteiger partial charge in [-0.2, -0.15) is 0 Å². The van der Waals surface area contributed by atoms with Gasteiger partial charge in [-0.1, -0.05) is 12.1 Å². The van der Waals surface area contributed by atoms with Gasteiger partial charge < -0.3 is 15.3 Å². The lowest BCUT2D eigenvalue weighted by molar-refractivity contribution is -0.140. The molecule has 0 spiro atoms. The van der Waals surface area contributed by atoms with Crippen molar-refractivity contribution in [3.8, 4) is 0 Å². The Kier molecular flexibility index (Phi) is 2.83. The van der Waals surface area contributed by atoms with Crippen LogP contribution in [0.15, 0.2) is 24.3 Å². The Hall–Kier alpha value is -1.55. The summed E-state index contributed by atoms with van der Waals surface area (Å²) in [4.78, 5) is 13.2. The zero-order valence-electron chi connectivity index (χ0n) is 10.4. The van der Waals surface area contributed by atoms with Gasteiger partial charge in [-0.25, -0.2) is 0 Å². The molecule has 92 valence electrons. The molecule has 1 aliphatic rings. The average Bonchev–Trinajstić information content (AvgIpc) is 3.05. The summed E-state index contributed by atoms with van der Waals surface area (Å²) in [5, 5.41) is 12.1. The number of hydrogen-bond donors (Lipinski definition) is 2. The van der Waals surface area contributed by atoms with Gasteiger partial charge in [-0.3, -0.25) is 4.79 Å². The number of hydrogen-bond acceptors (Lipinski definition) is 3. The Labute approximate surface area is 101 Å². The first kappa shape index (κ1) is 11.9. The van der Waals surface area contributed by atoms with Gasteiger partial charge in [-0.15, -0.1) is 0 Å². The Morgan fingerprint density at radius 2 is 2.00 bits per heavy atom. The molecule has 4 heteroatoms. The lowest BCUT2D eigenvalue weighted by Crippen LogP contribution is -2.38. The van der Waals surface area contributed by atoms with Crippen LogP contribution in [0.1, 0.15) is 17.9 Å². The maximum atomic E-state index is 11.2. The number of likely N-dealkylation sites (N-methyl/N-ethyl adjacent to an activating group) is 1. The van der Waals surface area contributed by atoms with Gasteiger partial charge >= 0.3 is 5.97 Å². The molecule has 0 aromatic heterocycles. The lowest BCUT2D eigenvalue weighted by Gasteiger charge is -2.14. The molecule has 1 aromatic rings. The fraction of sp³-hybridized carbons (Fsp3) is 0.462. The van der Waals surface area contributed by atoms with Gasteiger partial charge in [0.2, 0.25) is 0 Å². The van der Waals surface area contributed by atoms with Gasteiger partial charge in [0.05, 0.1) is 0 Å². The minimum absolute atomic E-state index is 0.0845. The molecule has 0 amide bonds. The van der Waals surface area contributed by atoms with Gasteiger partial charge in [0.15, 0.2) is 0 Å². The van der Waals surface area contributed by atoms with E-state index in [1.54, 1.807) is 7.05 Å². The molecule has 1 aliphatic carbocycles. The second-order valence-corrected chi connectivity index (χ2v) is 4.77. The van der Waals surface area contributed by atoms with E-state index in [-0.39, 0.29) is 5.92 Å². The first-order valence-corrected chi connectivity index (χ1v) is 5.71. The minimum Gasteiger partial charge on any atom is -0.480 e. The van der Waals surface area contributed by atoms with Crippen molar-refractivity contribution in [3.05, 3.63) is 29.8 Å².